The van der Waals surface area contributed by atoms with Crippen molar-refractivity contribution in [2.75, 3.05) is 0 Å². The Morgan fingerprint density at radius 3 is 2.50 bits per heavy atom. The number of halogens is 3. The molecule has 0 aliphatic heterocycles. The Hall–Kier alpha value is -3.68. The van der Waals surface area contributed by atoms with Crippen molar-refractivity contribution in [1.82, 2.24) is 25.2 Å². The molecule has 132 valence electrons. The molecule has 1 aromatic carbocycles. The predicted molar refractivity (Wildman–Crippen MR) is 81.9 cm³/mol. The summed E-state index contributed by atoms with van der Waals surface area (Å²) in [6.07, 6.45) is -2.00. The van der Waals surface area contributed by atoms with Crippen molar-refractivity contribution in [3.63, 3.8) is 0 Å². The van der Waals surface area contributed by atoms with Gasteiger partial charge in [0.15, 0.2) is 5.69 Å². The third kappa shape index (κ3) is 2.77. The molecule has 2 heterocycles. The number of aromatic nitrogens is 5. The first-order valence-corrected chi connectivity index (χ1v) is 7.11. The van der Waals surface area contributed by atoms with Crippen molar-refractivity contribution >= 4 is 5.91 Å². The first kappa shape index (κ1) is 17.2. The van der Waals surface area contributed by atoms with Crippen molar-refractivity contribution in [3.05, 3.63) is 46.9 Å². The summed E-state index contributed by atoms with van der Waals surface area (Å²) in [6.45, 7) is 1.59. The van der Waals surface area contributed by atoms with Gasteiger partial charge in [0.05, 0.1) is 23.5 Å². The molecule has 0 spiro atoms. The Labute approximate surface area is 144 Å². The van der Waals surface area contributed by atoms with E-state index in [0.717, 1.165) is 0 Å². The summed E-state index contributed by atoms with van der Waals surface area (Å²) in [5, 5.41) is 22.7. The number of rotatable bonds is 3. The maximum absolute atomic E-state index is 13.1. The molecule has 1 amide bonds. The number of aromatic amines is 1. The molecule has 3 aromatic rings. The van der Waals surface area contributed by atoms with E-state index < -0.39 is 23.3 Å². The number of primary amides is 1. The number of nitrogens with one attached hydrogen (secondary N) is 1. The fraction of sp³-hybridized carbons (Fsp3) is 0.133. The highest BCUT2D eigenvalue weighted by Gasteiger charge is 2.39. The van der Waals surface area contributed by atoms with Gasteiger partial charge in [0.25, 0.3) is 5.91 Å². The van der Waals surface area contributed by atoms with E-state index in [1.807, 2.05) is 11.2 Å². The molecular formula is C15H10F3N7O. The highest BCUT2D eigenvalue weighted by Crippen LogP contribution is 2.36. The number of carbonyl (C=O) groups excluding carboxylic acids is 1. The number of H-pyrrole nitrogens is 1. The molecule has 0 saturated heterocycles. The second kappa shape index (κ2) is 5.99. The molecule has 0 atom stereocenters. The number of benzene rings is 1. The number of alkyl halides is 3. The molecule has 0 aliphatic rings. The van der Waals surface area contributed by atoms with Crippen LogP contribution >= 0.6 is 0 Å². The lowest BCUT2D eigenvalue weighted by atomic mass is 9.97. The van der Waals surface area contributed by atoms with Crippen molar-refractivity contribution in [3.8, 4) is 23.0 Å². The fourth-order valence-corrected chi connectivity index (χ4v) is 2.52. The molecule has 0 fully saturated rings. The number of amides is 1. The van der Waals surface area contributed by atoms with Crippen LogP contribution in [-0.2, 0) is 6.18 Å². The Morgan fingerprint density at radius 1 is 1.31 bits per heavy atom. The lowest BCUT2D eigenvalue weighted by molar-refractivity contribution is -0.141. The fourth-order valence-electron chi connectivity index (χ4n) is 2.52. The molecule has 11 heteroatoms. The number of hydrogen-bond donors (Lipinski definition) is 2. The third-order valence-corrected chi connectivity index (χ3v) is 3.65. The van der Waals surface area contributed by atoms with Crippen molar-refractivity contribution in [1.29, 1.82) is 5.26 Å². The second-order valence-corrected chi connectivity index (χ2v) is 5.30. The van der Waals surface area contributed by atoms with Crippen LogP contribution in [0.15, 0.2) is 24.5 Å². The topological polar surface area (TPSA) is 126 Å². The zero-order valence-corrected chi connectivity index (χ0v) is 13.2. The van der Waals surface area contributed by atoms with Crippen molar-refractivity contribution < 1.29 is 18.0 Å². The zero-order chi connectivity index (χ0) is 19.1. The first-order valence-electron chi connectivity index (χ1n) is 7.11. The summed E-state index contributed by atoms with van der Waals surface area (Å²) in [5.74, 6) is -1.28. The molecule has 3 rings (SSSR count). The SMILES string of the molecule is Cc1cc(-n2nccn2)c(C#N)cc1-c1n[nH]c(C(F)(F)F)c1C(N)=O. The van der Waals surface area contributed by atoms with Crippen LogP contribution in [0, 0.1) is 18.3 Å². The van der Waals surface area contributed by atoms with E-state index >= 15 is 0 Å². The van der Waals surface area contributed by atoms with Crippen LogP contribution in [0.2, 0.25) is 0 Å². The van der Waals surface area contributed by atoms with Gasteiger partial charge >= 0.3 is 6.18 Å². The van der Waals surface area contributed by atoms with E-state index in [9.17, 15) is 23.2 Å². The van der Waals surface area contributed by atoms with Gasteiger partial charge in [0, 0.05) is 5.56 Å². The monoisotopic (exact) mass is 361 g/mol. The minimum atomic E-state index is -4.83. The molecule has 26 heavy (non-hydrogen) atoms. The predicted octanol–water partition coefficient (Wildman–Crippen LogP) is 1.96. The van der Waals surface area contributed by atoms with Crippen molar-refractivity contribution in [2.24, 2.45) is 5.73 Å². The Morgan fingerprint density at radius 2 is 1.96 bits per heavy atom. The van der Waals surface area contributed by atoms with Gasteiger partial charge in [-0.05, 0) is 24.6 Å². The number of carbonyl (C=O) groups is 1. The Balaban J connectivity index is 2.25. The molecule has 0 radical (unpaired) electrons. The van der Waals surface area contributed by atoms with Crippen LogP contribution in [0.3, 0.4) is 0 Å². The normalized spacial score (nSPS) is 11.3. The molecule has 0 unspecified atom stereocenters. The molecular weight excluding hydrogens is 351 g/mol. The van der Waals surface area contributed by atoms with Gasteiger partial charge in [-0.15, -0.1) is 0 Å². The number of aryl methyl sites for hydroxylation is 1. The second-order valence-electron chi connectivity index (χ2n) is 5.30. The van der Waals surface area contributed by atoms with E-state index in [1.54, 1.807) is 6.92 Å². The van der Waals surface area contributed by atoms with Crippen LogP contribution in [-0.4, -0.2) is 31.1 Å². The molecule has 8 nitrogen and oxygen atoms in total. The van der Waals surface area contributed by atoms with E-state index in [4.69, 9.17) is 5.73 Å². The maximum Gasteiger partial charge on any atom is 0.433 e. The van der Waals surface area contributed by atoms with E-state index in [0.29, 0.717) is 11.3 Å². The van der Waals surface area contributed by atoms with Gasteiger partial charge < -0.3 is 5.73 Å². The van der Waals surface area contributed by atoms with Crippen LogP contribution in [0.25, 0.3) is 16.9 Å². The molecule has 2 aromatic heterocycles. The minimum Gasteiger partial charge on any atom is -0.365 e. The van der Waals surface area contributed by atoms with E-state index in [2.05, 4.69) is 15.3 Å². The minimum absolute atomic E-state index is 0.0915. The average molecular weight is 361 g/mol. The molecule has 0 aliphatic carbocycles. The highest BCUT2D eigenvalue weighted by atomic mass is 19.4. The van der Waals surface area contributed by atoms with Crippen LogP contribution < -0.4 is 5.73 Å². The third-order valence-electron chi connectivity index (χ3n) is 3.65. The average Bonchev–Trinajstić information content (AvgIpc) is 3.23. The van der Waals surface area contributed by atoms with Gasteiger partial charge in [-0.2, -0.15) is 38.5 Å². The molecule has 0 saturated carbocycles. The summed E-state index contributed by atoms with van der Waals surface area (Å²) in [4.78, 5) is 12.8. The van der Waals surface area contributed by atoms with Gasteiger partial charge in [0.1, 0.15) is 17.5 Å². The van der Waals surface area contributed by atoms with Crippen LogP contribution in [0.5, 0.6) is 0 Å². The zero-order valence-electron chi connectivity index (χ0n) is 13.2. The smallest absolute Gasteiger partial charge is 0.365 e. The Bertz CT molecular complexity index is 1030. The highest BCUT2D eigenvalue weighted by molar-refractivity contribution is 6.00. The first-order chi connectivity index (χ1) is 12.2. The van der Waals surface area contributed by atoms with Crippen LogP contribution in [0.4, 0.5) is 13.2 Å². The molecule has 3 N–H and O–H groups in total. The standard InChI is InChI=1S/C15H10F3N7O/c1-7-4-10(25-21-2-3-22-25)8(6-19)5-9(7)12-11(14(20)26)13(24-23-12)15(16,17)18/h2-5H,1H3,(H2,20,26)(H,23,24). The number of nitrogens with two attached hydrogens (primary N) is 1. The van der Waals surface area contributed by atoms with E-state index in [-0.39, 0.29) is 16.8 Å². The Kier molecular flexibility index (Phi) is 3.96. The lowest BCUT2D eigenvalue weighted by Gasteiger charge is -2.10. The van der Waals surface area contributed by atoms with Crippen LogP contribution in [0.1, 0.15) is 27.2 Å². The summed E-state index contributed by atoms with van der Waals surface area (Å²) in [5.41, 5.74) is 3.79. The van der Waals surface area contributed by atoms with Gasteiger partial charge in [0.2, 0.25) is 0 Å². The summed E-state index contributed by atoms with van der Waals surface area (Å²) in [7, 11) is 0. The number of nitrogens with zero attached hydrogens (tertiary/aromatic N) is 5. The summed E-state index contributed by atoms with van der Waals surface area (Å²) < 4.78 is 39.2. The summed E-state index contributed by atoms with van der Waals surface area (Å²) in [6, 6.07) is 4.76. The maximum atomic E-state index is 13.1. The number of hydrogen-bond acceptors (Lipinski definition) is 5. The largest absolute Gasteiger partial charge is 0.433 e. The van der Waals surface area contributed by atoms with Gasteiger partial charge in [-0.3, -0.25) is 9.89 Å². The van der Waals surface area contributed by atoms with Crippen molar-refractivity contribution in [2.45, 2.75) is 13.1 Å². The number of nitriles is 1. The lowest BCUT2D eigenvalue weighted by Crippen LogP contribution is -2.18. The molecule has 0 bridgehead atoms. The van der Waals surface area contributed by atoms with Gasteiger partial charge in [-0.1, -0.05) is 0 Å². The summed E-state index contributed by atoms with van der Waals surface area (Å²) >= 11 is 0. The quantitative estimate of drug-likeness (QED) is 0.737. The van der Waals surface area contributed by atoms with E-state index in [1.165, 1.54) is 29.3 Å². The van der Waals surface area contributed by atoms with Gasteiger partial charge in [-0.25, -0.2) is 0 Å².